The highest BCUT2D eigenvalue weighted by molar-refractivity contribution is 14.1. The predicted octanol–water partition coefficient (Wildman–Crippen LogP) is 6.81. The van der Waals surface area contributed by atoms with Crippen molar-refractivity contribution in [2.24, 2.45) is 5.10 Å². The number of fused-ring (bicyclic) bond motifs is 1. The van der Waals surface area contributed by atoms with E-state index >= 15 is 0 Å². The van der Waals surface area contributed by atoms with Crippen LogP contribution < -0.4 is 14.9 Å². The van der Waals surface area contributed by atoms with E-state index in [9.17, 15) is 0 Å². The SMILES string of the molecule is COc1cc(/C=N\NCc2ccccc2Cl)cc(I)c1OCc1cccc2ccccc12. The van der Waals surface area contributed by atoms with Crippen LogP contribution in [0.1, 0.15) is 16.7 Å². The monoisotopic (exact) mass is 556 g/mol. The van der Waals surface area contributed by atoms with E-state index in [1.165, 1.54) is 10.8 Å². The van der Waals surface area contributed by atoms with Gasteiger partial charge in [0.2, 0.25) is 0 Å². The third-order valence-corrected chi connectivity index (χ3v) is 6.21. The standard InChI is InChI=1S/C26H22ClIN2O2/c1-31-25-14-18(15-29-30-16-20-8-3-5-12-23(20)27)13-24(28)26(25)32-17-21-10-6-9-19-7-2-4-11-22(19)21/h2-15,30H,16-17H2,1H3/b29-15-. The predicted molar refractivity (Wildman–Crippen MR) is 140 cm³/mol. The summed E-state index contributed by atoms with van der Waals surface area (Å²) in [5.74, 6) is 1.40. The van der Waals surface area contributed by atoms with Crippen molar-refractivity contribution >= 4 is 51.2 Å². The van der Waals surface area contributed by atoms with Crippen molar-refractivity contribution in [3.63, 3.8) is 0 Å². The molecule has 0 unspecified atom stereocenters. The molecule has 32 heavy (non-hydrogen) atoms. The topological polar surface area (TPSA) is 42.8 Å². The Balaban J connectivity index is 1.46. The second-order valence-electron chi connectivity index (χ2n) is 7.15. The Morgan fingerprint density at radius 2 is 1.72 bits per heavy atom. The quantitative estimate of drug-likeness (QED) is 0.147. The molecule has 0 radical (unpaired) electrons. The van der Waals surface area contributed by atoms with Gasteiger partial charge in [-0.25, -0.2) is 0 Å². The van der Waals surface area contributed by atoms with Crippen molar-refractivity contribution in [1.29, 1.82) is 0 Å². The molecule has 162 valence electrons. The van der Waals surface area contributed by atoms with Gasteiger partial charge in [-0.1, -0.05) is 72.3 Å². The summed E-state index contributed by atoms with van der Waals surface area (Å²) in [5.41, 5.74) is 6.08. The summed E-state index contributed by atoms with van der Waals surface area (Å²) in [5, 5.41) is 7.43. The van der Waals surface area contributed by atoms with Gasteiger partial charge in [-0.15, -0.1) is 0 Å². The largest absolute Gasteiger partial charge is 0.493 e. The zero-order chi connectivity index (χ0) is 22.3. The van der Waals surface area contributed by atoms with Crippen molar-refractivity contribution in [3.8, 4) is 11.5 Å². The molecule has 0 aromatic heterocycles. The number of nitrogens with zero attached hydrogens (tertiary/aromatic N) is 1. The number of ether oxygens (including phenoxy) is 2. The molecule has 0 fully saturated rings. The first-order chi connectivity index (χ1) is 15.7. The number of benzene rings is 4. The van der Waals surface area contributed by atoms with Gasteiger partial charge >= 0.3 is 0 Å². The van der Waals surface area contributed by atoms with E-state index in [-0.39, 0.29) is 0 Å². The number of nitrogens with one attached hydrogen (secondary N) is 1. The molecule has 4 rings (SSSR count). The smallest absolute Gasteiger partial charge is 0.174 e. The second-order valence-corrected chi connectivity index (χ2v) is 8.71. The lowest BCUT2D eigenvalue weighted by Gasteiger charge is -2.14. The second kappa shape index (κ2) is 10.7. The number of hydrogen-bond acceptors (Lipinski definition) is 4. The molecule has 1 N–H and O–H groups in total. The summed E-state index contributed by atoms with van der Waals surface area (Å²) in [6, 6.07) is 26.2. The molecule has 4 aromatic carbocycles. The van der Waals surface area contributed by atoms with Crippen molar-refractivity contribution in [2.45, 2.75) is 13.2 Å². The van der Waals surface area contributed by atoms with Crippen LogP contribution in [0, 0.1) is 3.57 Å². The Hall–Kier alpha value is -2.77. The molecule has 6 heteroatoms. The van der Waals surface area contributed by atoms with E-state index in [0.29, 0.717) is 18.9 Å². The highest BCUT2D eigenvalue weighted by Crippen LogP contribution is 2.34. The van der Waals surface area contributed by atoms with Crippen molar-refractivity contribution in [1.82, 2.24) is 5.43 Å². The minimum Gasteiger partial charge on any atom is -0.493 e. The lowest BCUT2D eigenvalue weighted by atomic mass is 10.1. The molecule has 0 heterocycles. The van der Waals surface area contributed by atoms with E-state index < -0.39 is 0 Å². The Labute approximate surface area is 206 Å². The minimum atomic E-state index is 0.459. The average Bonchev–Trinajstić information content (AvgIpc) is 2.82. The Morgan fingerprint density at radius 1 is 0.969 bits per heavy atom. The van der Waals surface area contributed by atoms with Crippen molar-refractivity contribution in [3.05, 3.63) is 104 Å². The summed E-state index contributed by atoms with van der Waals surface area (Å²) in [6.07, 6.45) is 1.76. The number of halogens is 2. The molecule has 0 aliphatic heterocycles. The van der Waals surface area contributed by atoms with Crippen LogP contribution in [0.2, 0.25) is 5.02 Å². The van der Waals surface area contributed by atoms with Crippen LogP contribution >= 0.6 is 34.2 Å². The molecule has 0 saturated carbocycles. The normalized spacial score (nSPS) is 11.1. The highest BCUT2D eigenvalue weighted by atomic mass is 127. The molecule has 4 aromatic rings. The number of rotatable bonds is 8. The van der Waals surface area contributed by atoms with E-state index in [0.717, 1.165) is 31.0 Å². The van der Waals surface area contributed by atoms with E-state index in [2.05, 4.69) is 63.4 Å². The van der Waals surface area contributed by atoms with Crippen LogP contribution in [0.15, 0.2) is 84.0 Å². The Kier molecular flexibility index (Phi) is 7.50. The zero-order valence-electron chi connectivity index (χ0n) is 17.5. The molecular formula is C26H22ClIN2O2. The average molecular weight is 557 g/mol. The van der Waals surface area contributed by atoms with Crippen molar-refractivity contribution in [2.75, 3.05) is 7.11 Å². The van der Waals surface area contributed by atoms with Crippen LogP contribution in [-0.2, 0) is 13.2 Å². The maximum absolute atomic E-state index is 6.20. The van der Waals surface area contributed by atoms with Crippen LogP contribution in [0.3, 0.4) is 0 Å². The van der Waals surface area contributed by atoms with Gasteiger partial charge in [0, 0.05) is 5.02 Å². The van der Waals surface area contributed by atoms with Gasteiger partial charge in [-0.05, 0) is 68.3 Å². The molecule has 0 spiro atoms. The maximum atomic E-state index is 6.20. The van der Waals surface area contributed by atoms with Crippen LogP contribution in [-0.4, -0.2) is 13.3 Å². The lowest BCUT2D eigenvalue weighted by molar-refractivity contribution is 0.283. The van der Waals surface area contributed by atoms with Crippen LogP contribution in [0.25, 0.3) is 10.8 Å². The summed E-state index contributed by atoms with van der Waals surface area (Å²) < 4.78 is 12.8. The molecule has 4 nitrogen and oxygen atoms in total. The fourth-order valence-electron chi connectivity index (χ4n) is 3.42. The lowest BCUT2D eigenvalue weighted by Crippen LogP contribution is -2.06. The minimum absolute atomic E-state index is 0.459. The van der Waals surface area contributed by atoms with Crippen molar-refractivity contribution < 1.29 is 9.47 Å². The molecular weight excluding hydrogens is 535 g/mol. The molecule has 0 atom stereocenters. The Bertz CT molecular complexity index is 1250. The fraction of sp³-hybridized carbons (Fsp3) is 0.115. The summed E-state index contributed by atoms with van der Waals surface area (Å²) in [7, 11) is 1.65. The van der Waals surface area contributed by atoms with E-state index in [1.54, 1.807) is 13.3 Å². The summed E-state index contributed by atoms with van der Waals surface area (Å²) in [6.45, 7) is 1.01. The van der Waals surface area contributed by atoms with Gasteiger partial charge in [-0.2, -0.15) is 5.10 Å². The molecule has 0 saturated heterocycles. The van der Waals surface area contributed by atoms with Crippen LogP contribution in [0.4, 0.5) is 0 Å². The zero-order valence-corrected chi connectivity index (χ0v) is 20.4. The third kappa shape index (κ3) is 5.34. The van der Waals surface area contributed by atoms with Gasteiger partial charge in [0.15, 0.2) is 11.5 Å². The highest BCUT2D eigenvalue weighted by Gasteiger charge is 2.12. The molecule has 0 aliphatic carbocycles. The number of methoxy groups -OCH3 is 1. The van der Waals surface area contributed by atoms with Gasteiger partial charge in [0.05, 0.1) is 23.4 Å². The van der Waals surface area contributed by atoms with Gasteiger partial charge in [-0.3, -0.25) is 0 Å². The first-order valence-corrected chi connectivity index (χ1v) is 11.6. The molecule has 0 aliphatic rings. The molecule has 0 amide bonds. The van der Waals surface area contributed by atoms with Crippen LogP contribution in [0.5, 0.6) is 11.5 Å². The molecule has 0 bridgehead atoms. The van der Waals surface area contributed by atoms with Gasteiger partial charge in [0.1, 0.15) is 6.61 Å². The fourth-order valence-corrected chi connectivity index (χ4v) is 4.40. The Morgan fingerprint density at radius 3 is 2.56 bits per heavy atom. The third-order valence-electron chi connectivity index (χ3n) is 5.04. The first kappa shape index (κ1) is 22.4. The van der Waals surface area contributed by atoms with Gasteiger partial charge < -0.3 is 14.9 Å². The first-order valence-electron chi connectivity index (χ1n) is 10.1. The van der Waals surface area contributed by atoms with Gasteiger partial charge in [0.25, 0.3) is 0 Å². The maximum Gasteiger partial charge on any atom is 0.174 e. The van der Waals surface area contributed by atoms with E-state index in [1.807, 2.05) is 48.5 Å². The summed E-state index contributed by atoms with van der Waals surface area (Å²) in [4.78, 5) is 0. The van der Waals surface area contributed by atoms with E-state index in [4.69, 9.17) is 21.1 Å². The summed E-state index contributed by atoms with van der Waals surface area (Å²) >= 11 is 8.45. The number of hydrazone groups is 1. The number of hydrogen-bond donors (Lipinski definition) is 1.